The maximum atomic E-state index is 10.6. The van der Waals surface area contributed by atoms with Crippen molar-refractivity contribution in [3.05, 3.63) is 60.7 Å². The summed E-state index contributed by atoms with van der Waals surface area (Å²) in [6, 6.07) is 18.8. The molecule has 0 aliphatic rings. The Morgan fingerprint density at radius 1 is 0.944 bits per heavy atom. The van der Waals surface area contributed by atoms with Crippen LogP contribution >= 0.6 is 0 Å². The summed E-state index contributed by atoms with van der Waals surface area (Å²) >= 11 is 0. The number of carboxylic acids is 1. The molecule has 18 heavy (non-hydrogen) atoms. The number of aliphatic carboxylic acids is 1. The molecule has 2 rings (SSSR count). The number of anilines is 2. The van der Waals surface area contributed by atoms with Gasteiger partial charge in [0.1, 0.15) is 6.21 Å². The number of hydrogen-bond acceptors (Lipinski definition) is 3. The SMILES string of the molecule is O=C(O)C=NN(c1ccccc1)c1ccccc1. The van der Waals surface area contributed by atoms with Gasteiger partial charge in [0.25, 0.3) is 0 Å². The molecule has 0 aliphatic carbocycles. The Kier molecular flexibility index (Phi) is 3.71. The molecule has 1 N–H and O–H groups in total. The molecule has 0 saturated heterocycles. The van der Waals surface area contributed by atoms with Crippen molar-refractivity contribution in [2.75, 3.05) is 5.01 Å². The van der Waals surface area contributed by atoms with Crippen molar-refractivity contribution in [1.29, 1.82) is 0 Å². The Balaban J connectivity index is 2.38. The number of rotatable bonds is 4. The van der Waals surface area contributed by atoms with Gasteiger partial charge in [-0.3, -0.25) is 0 Å². The van der Waals surface area contributed by atoms with E-state index in [9.17, 15) is 4.79 Å². The van der Waals surface area contributed by atoms with Gasteiger partial charge in [0.2, 0.25) is 0 Å². The average Bonchev–Trinajstić information content (AvgIpc) is 2.41. The predicted octanol–water partition coefficient (Wildman–Crippen LogP) is 2.90. The number of carbonyl (C=O) groups is 1. The van der Waals surface area contributed by atoms with E-state index in [1.54, 1.807) is 5.01 Å². The maximum absolute atomic E-state index is 10.6. The van der Waals surface area contributed by atoms with Gasteiger partial charge in [-0.25, -0.2) is 9.80 Å². The van der Waals surface area contributed by atoms with Crippen molar-refractivity contribution in [2.24, 2.45) is 5.10 Å². The zero-order valence-corrected chi connectivity index (χ0v) is 9.60. The van der Waals surface area contributed by atoms with Crippen LogP contribution in [-0.2, 0) is 4.79 Å². The average molecular weight is 240 g/mol. The van der Waals surface area contributed by atoms with E-state index < -0.39 is 5.97 Å². The van der Waals surface area contributed by atoms with E-state index in [0.717, 1.165) is 17.6 Å². The van der Waals surface area contributed by atoms with Crippen LogP contribution in [0.15, 0.2) is 65.8 Å². The fraction of sp³-hybridized carbons (Fsp3) is 0. The Hall–Kier alpha value is -2.62. The molecule has 2 aromatic carbocycles. The van der Waals surface area contributed by atoms with Crippen LogP contribution in [0.3, 0.4) is 0 Å². The summed E-state index contributed by atoms with van der Waals surface area (Å²) in [4.78, 5) is 10.6. The molecule has 90 valence electrons. The van der Waals surface area contributed by atoms with Gasteiger partial charge < -0.3 is 5.11 Å². The summed E-state index contributed by atoms with van der Waals surface area (Å²) in [5.74, 6) is -1.08. The molecule has 0 aromatic heterocycles. The van der Waals surface area contributed by atoms with Crippen LogP contribution in [0.4, 0.5) is 11.4 Å². The lowest BCUT2D eigenvalue weighted by atomic mass is 10.2. The molecule has 4 nitrogen and oxygen atoms in total. The van der Waals surface area contributed by atoms with E-state index in [1.807, 2.05) is 60.7 Å². The van der Waals surface area contributed by atoms with Gasteiger partial charge in [-0.05, 0) is 24.3 Å². The first-order valence-electron chi connectivity index (χ1n) is 5.44. The molecule has 0 bridgehead atoms. The second-order valence-corrected chi connectivity index (χ2v) is 3.57. The highest BCUT2D eigenvalue weighted by Gasteiger charge is 2.06. The van der Waals surface area contributed by atoms with Gasteiger partial charge in [0.15, 0.2) is 0 Å². The minimum absolute atomic E-state index is 0.807. The third-order valence-electron chi connectivity index (χ3n) is 2.29. The molecular formula is C14H12N2O2. The topological polar surface area (TPSA) is 52.9 Å². The van der Waals surface area contributed by atoms with E-state index in [0.29, 0.717) is 0 Å². The molecule has 0 heterocycles. The number of nitrogens with zero attached hydrogens (tertiary/aromatic N) is 2. The Morgan fingerprint density at radius 3 is 1.78 bits per heavy atom. The monoisotopic (exact) mass is 240 g/mol. The fourth-order valence-electron chi connectivity index (χ4n) is 1.53. The van der Waals surface area contributed by atoms with E-state index in [1.165, 1.54) is 0 Å². The summed E-state index contributed by atoms with van der Waals surface area (Å²) < 4.78 is 0. The smallest absolute Gasteiger partial charge is 0.348 e. The number of hydrazone groups is 1. The number of carboxylic acid groups (broad SMARTS) is 1. The minimum atomic E-state index is -1.08. The van der Waals surface area contributed by atoms with Gasteiger partial charge in [0.05, 0.1) is 11.4 Å². The maximum Gasteiger partial charge on any atom is 0.348 e. The second-order valence-electron chi connectivity index (χ2n) is 3.57. The van der Waals surface area contributed by atoms with Gasteiger partial charge >= 0.3 is 5.97 Å². The molecule has 0 aliphatic heterocycles. The first-order chi connectivity index (χ1) is 8.77. The van der Waals surface area contributed by atoms with Crippen LogP contribution in [0.2, 0.25) is 0 Å². The van der Waals surface area contributed by atoms with Crippen LogP contribution in [-0.4, -0.2) is 17.3 Å². The van der Waals surface area contributed by atoms with Gasteiger partial charge in [-0.2, -0.15) is 5.10 Å². The molecule has 0 radical (unpaired) electrons. The molecule has 0 saturated carbocycles. The van der Waals surface area contributed by atoms with Crippen molar-refractivity contribution in [1.82, 2.24) is 0 Å². The first-order valence-corrected chi connectivity index (χ1v) is 5.44. The summed E-state index contributed by atoms with van der Waals surface area (Å²) in [5.41, 5.74) is 1.61. The summed E-state index contributed by atoms with van der Waals surface area (Å²) in [6.07, 6.45) is 0.875. The molecule has 0 unspecified atom stereocenters. The van der Waals surface area contributed by atoms with Crippen LogP contribution in [0.1, 0.15) is 0 Å². The highest BCUT2D eigenvalue weighted by molar-refractivity contribution is 6.22. The van der Waals surface area contributed by atoms with Crippen molar-refractivity contribution < 1.29 is 9.90 Å². The van der Waals surface area contributed by atoms with E-state index in [2.05, 4.69) is 5.10 Å². The number of para-hydroxylation sites is 2. The first kappa shape index (κ1) is 11.9. The minimum Gasteiger partial charge on any atom is -0.477 e. The van der Waals surface area contributed by atoms with Crippen molar-refractivity contribution in [3.63, 3.8) is 0 Å². The standard InChI is InChI=1S/C14H12N2O2/c17-14(18)11-15-16(12-7-3-1-4-8-12)13-9-5-2-6-10-13/h1-11H,(H,17,18). The molecule has 0 fully saturated rings. The number of benzene rings is 2. The quantitative estimate of drug-likeness (QED) is 0.660. The van der Waals surface area contributed by atoms with Gasteiger partial charge in [-0.1, -0.05) is 36.4 Å². The lowest BCUT2D eigenvalue weighted by molar-refractivity contribution is -0.128. The largest absolute Gasteiger partial charge is 0.477 e. The van der Waals surface area contributed by atoms with Gasteiger partial charge in [-0.15, -0.1) is 0 Å². The van der Waals surface area contributed by atoms with Crippen LogP contribution in [0.5, 0.6) is 0 Å². The van der Waals surface area contributed by atoms with Crippen molar-refractivity contribution >= 4 is 23.6 Å². The lowest BCUT2D eigenvalue weighted by Gasteiger charge is -2.18. The van der Waals surface area contributed by atoms with Gasteiger partial charge in [0, 0.05) is 0 Å². The van der Waals surface area contributed by atoms with E-state index in [4.69, 9.17) is 5.11 Å². The lowest BCUT2D eigenvalue weighted by Crippen LogP contribution is -2.11. The summed E-state index contributed by atoms with van der Waals surface area (Å²) in [6.45, 7) is 0. The van der Waals surface area contributed by atoms with Crippen LogP contribution in [0.25, 0.3) is 0 Å². The normalized spacial score (nSPS) is 10.4. The molecule has 2 aromatic rings. The second kappa shape index (κ2) is 5.63. The Labute approximate surface area is 105 Å². The number of hydrogen-bond donors (Lipinski definition) is 1. The Bertz CT molecular complexity index is 499. The molecule has 4 heteroatoms. The third kappa shape index (κ3) is 2.95. The van der Waals surface area contributed by atoms with E-state index >= 15 is 0 Å². The summed E-state index contributed by atoms with van der Waals surface area (Å²) in [5, 5.41) is 14.2. The Morgan fingerprint density at radius 2 is 1.39 bits per heavy atom. The molecule has 0 atom stereocenters. The van der Waals surface area contributed by atoms with Crippen LogP contribution in [0, 0.1) is 0 Å². The fourth-order valence-corrected chi connectivity index (χ4v) is 1.53. The highest BCUT2D eigenvalue weighted by Crippen LogP contribution is 2.24. The van der Waals surface area contributed by atoms with E-state index in [-0.39, 0.29) is 0 Å². The zero-order chi connectivity index (χ0) is 12.8. The van der Waals surface area contributed by atoms with Crippen molar-refractivity contribution in [3.8, 4) is 0 Å². The molecule has 0 spiro atoms. The van der Waals surface area contributed by atoms with Crippen molar-refractivity contribution in [2.45, 2.75) is 0 Å². The molecule has 0 amide bonds. The van der Waals surface area contributed by atoms with Crippen LogP contribution < -0.4 is 5.01 Å². The molecular weight excluding hydrogens is 228 g/mol. The summed E-state index contributed by atoms with van der Waals surface area (Å²) in [7, 11) is 0. The predicted molar refractivity (Wildman–Crippen MR) is 71.2 cm³/mol. The zero-order valence-electron chi connectivity index (χ0n) is 9.60. The third-order valence-corrected chi connectivity index (χ3v) is 2.29. The highest BCUT2D eigenvalue weighted by atomic mass is 16.4.